The average Bonchev–Trinajstić information content (AvgIpc) is 2.99. The fraction of sp³-hybridized carbons (Fsp3) is 0.200. The quantitative estimate of drug-likeness (QED) is 0.700. The number of hydrogen-bond donors (Lipinski definition) is 2. The molecule has 3 aromatic rings. The maximum Gasteiger partial charge on any atom is 0.324 e. The normalized spacial score (nSPS) is 11.2. The smallest absolute Gasteiger partial charge is 0.308 e. The van der Waals surface area contributed by atoms with E-state index in [0.717, 1.165) is 11.4 Å². The molecular formula is C20H21FN4O. The molecule has 0 atom stereocenters. The summed E-state index contributed by atoms with van der Waals surface area (Å²) in [4.78, 5) is 12.3. The summed E-state index contributed by atoms with van der Waals surface area (Å²) in [5.41, 5.74) is 1.89. The van der Waals surface area contributed by atoms with E-state index >= 15 is 0 Å². The number of halogens is 1. The van der Waals surface area contributed by atoms with E-state index in [1.165, 1.54) is 18.2 Å². The number of carbonyl (C=O) groups excluding carboxylic acids is 1. The van der Waals surface area contributed by atoms with Gasteiger partial charge in [0.1, 0.15) is 11.6 Å². The van der Waals surface area contributed by atoms with E-state index in [0.29, 0.717) is 11.5 Å². The van der Waals surface area contributed by atoms with Crippen molar-refractivity contribution in [3.05, 3.63) is 72.2 Å². The van der Waals surface area contributed by atoms with Crippen LogP contribution in [0, 0.1) is 5.82 Å². The summed E-state index contributed by atoms with van der Waals surface area (Å²) < 4.78 is 15.0. The Kier molecular flexibility index (Phi) is 4.75. The van der Waals surface area contributed by atoms with Crippen LogP contribution in [0.4, 0.5) is 20.7 Å². The van der Waals surface area contributed by atoms with Crippen LogP contribution < -0.4 is 10.6 Å². The highest BCUT2D eigenvalue weighted by Crippen LogP contribution is 2.26. The molecule has 2 aromatic carbocycles. The van der Waals surface area contributed by atoms with Crippen LogP contribution in [0.15, 0.2) is 60.7 Å². The molecule has 3 rings (SSSR count). The Balaban J connectivity index is 1.88. The molecule has 2 amide bonds. The molecule has 1 aromatic heterocycles. The number of benzene rings is 2. The van der Waals surface area contributed by atoms with Crippen molar-refractivity contribution in [2.75, 3.05) is 10.6 Å². The van der Waals surface area contributed by atoms with Gasteiger partial charge < -0.3 is 5.32 Å². The predicted octanol–water partition coefficient (Wildman–Crippen LogP) is 4.95. The van der Waals surface area contributed by atoms with Crippen molar-refractivity contribution in [2.24, 2.45) is 0 Å². The molecule has 0 saturated heterocycles. The predicted molar refractivity (Wildman–Crippen MR) is 101 cm³/mol. The van der Waals surface area contributed by atoms with Gasteiger partial charge >= 0.3 is 6.03 Å². The largest absolute Gasteiger partial charge is 0.324 e. The van der Waals surface area contributed by atoms with Gasteiger partial charge in [0.05, 0.1) is 11.4 Å². The lowest BCUT2D eigenvalue weighted by Crippen LogP contribution is -2.21. The maximum atomic E-state index is 13.3. The van der Waals surface area contributed by atoms with Crippen LogP contribution in [-0.4, -0.2) is 15.8 Å². The Morgan fingerprint density at radius 1 is 1.00 bits per heavy atom. The van der Waals surface area contributed by atoms with Crippen LogP contribution in [0.5, 0.6) is 0 Å². The van der Waals surface area contributed by atoms with Gasteiger partial charge in [0, 0.05) is 17.2 Å². The second-order valence-corrected chi connectivity index (χ2v) is 7.00. The second-order valence-electron chi connectivity index (χ2n) is 7.00. The maximum absolute atomic E-state index is 13.3. The Morgan fingerprint density at radius 2 is 1.73 bits per heavy atom. The van der Waals surface area contributed by atoms with Gasteiger partial charge in [-0.25, -0.2) is 13.9 Å². The number of rotatable bonds is 3. The molecular weight excluding hydrogens is 331 g/mol. The number of aromatic nitrogens is 2. The molecule has 0 fully saturated rings. The van der Waals surface area contributed by atoms with Gasteiger partial charge in [-0.1, -0.05) is 45.0 Å². The fourth-order valence-corrected chi connectivity index (χ4v) is 2.45. The first kappa shape index (κ1) is 17.7. The molecule has 0 aliphatic heterocycles. The summed E-state index contributed by atoms with van der Waals surface area (Å²) in [5.74, 6) is 0.127. The lowest BCUT2D eigenvalue weighted by molar-refractivity contribution is 0.262. The molecule has 26 heavy (non-hydrogen) atoms. The van der Waals surface area contributed by atoms with E-state index in [9.17, 15) is 9.18 Å². The first-order valence-corrected chi connectivity index (χ1v) is 8.32. The number of amides is 2. The Labute approximate surface area is 151 Å². The minimum atomic E-state index is -0.465. The average molecular weight is 352 g/mol. The van der Waals surface area contributed by atoms with Gasteiger partial charge in [-0.05, 0) is 30.3 Å². The number of nitrogens with zero attached hydrogens (tertiary/aromatic N) is 2. The Bertz CT molecular complexity index is 913. The van der Waals surface area contributed by atoms with Gasteiger partial charge in [0.25, 0.3) is 0 Å². The van der Waals surface area contributed by atoms with Gasteiger partial charge in [-0.2, -0.15) is 5.10 Å². The third-order valence-corrected chi connectivity index (χ3v) is 3.80. The molecule has 0 bridgehead atoms. The Hall–Kier alpha value is -3.15. The molecule has 5 nitrogen and oxygen atoms in total. The summed E-state index contributed by atoms with van der Waals surface area (Å²) in [6, 6.07) is 16.7. The van der Waals surface area contributed by atoms with Crippen molar-refractivity contribution in [1.82, 2.24) is 9.78 Å². The summed E-state index contributed by atoms with van der Waals surface area (Å²) >= 11 is 0. The van der Waals surface area contributed by atoms with Crippen LogP contribution in [0.1, 0.15) is 26.5 Å². The van der Waals surface area contributed by atoms with Gasteiger partial charge in [0.2, 0.25) is 0 Å². The van der Waals surface area contributed by atoms with E-state index in [-0.39, 0.29) is 5.41 Å². The summed E-state index contributed by atoms with van der Waals surface area (Å²) in [7, 11) is 0. The molecule has 0 unspecified atom stereocenters. The highest BCUT2D eigenvalue weighted by Gasteiger charge is 2.21. The van der Waals surface area contributed by atoms with Gasteiger partial charge in [0.15, 0.2) is 0 Å². The zero-order chi connectivity index (χ0) is 18.7. The monoisotopic (exact) mass is 352 g/mol. The minimum Gasteiger partial charge on any atom is -0.308 e. The first-order valence-electron chi connectivity index (χ1n) is 8.32. The van der Waals surface area contributed by atoms with Gasteiger partial charge in [-0.3, -0.25) is 5.32 Å². The lowest BCUT2D eigenvalue weighted by Gasteiger charge is -2.14. The molecule has 0 aliphatic rings. The number of urea groups is 1. The van der Waals surface area contributed by atoms with Crippen molar-refractivity contribution in [2.45, 2.75) is 26.2 Å². The third kappa shape index (κ3) is 4.08. The molecule has 0 saturated carbocycles. The van der Waals surface area contributed by atoms with Crippen LogP contribution in [0.2, 0.25) is 0 Å². The molecule has 0 spiro atoms. The number of nitrogens with one attached hydrogen (secondary N) is 2. The van der Waals surface area contributed by atoms with E-state index < -0.39 is 11.8 Å². The van der Waals surface area contributed by atoms with Crippen LogP contribution in [0.25, 0.3) is 5.69 Å². The van der Waals surface area contributed by atoms with E-state index in [4.69, 9.17) is 0 Å². The lowest BCUT2D eigenvalue weighted by atomic mass is 9.92. The SMILES string of the molecule is CC(C)(C)c1cc(NC(=O)Nc2cccc(F)c2)n(-c2ccccc2)n1. The number of hydrogen-bond acceptors (Lipinski definition) is 2. The van der Waals surface area contributed by atoms with Crippen molar-refractivity contribution in [3.63, 3.8) is 0 Å². The van der Waals surface area contributed by atoms with Crippen molar-refractivity contribution in [3.8, 4) is 5.69 Å². The molecule has 0 aliphatic carbocycles. The van der Waals surface area contributed by atoms with Crippen LogP contribution in [0.3, 0.4) is 0 Å². The summed E-state index contributed by atoms with van der Waals surface area (Å²) in [6.07, 6.45) is 0. The van der Waals surface area contributed by atoms with E-state index in [2.05, 4.69) is 36.5 Å². The van der Waals surface area contributed by atoms with Crippen LogP contribution in [-0.2, 0) is 5.41 Å². The van der Waals surface area contributed by atoms with Crippen molar-refractivity contribution < 1.29 is 9.18 Å². The molecule has 134 valence electrons. The van der Waals surface area contributed by atoms with Crippen molar-refractivity contribution in [1.29, 1.82) is 0 Å². The highest BCUT2D eigenvalue weighted by molar-refractivity contribution is 5.99. The number of carbonyl (C=O) groups is 1. The van der Waals surface area contributed by atoms with Crippen molar-refractivity contribution >= 4 is 17.5 Å². The standard InChI is InChI=1S/C20H21FN4O/c1-20(2,3)17-13-18(25(24-17)16-10-5-4-6-11-16)23-19(26)22-15-9-7-8-14(21)12-15/h4-13H,1-3H3,(H2,22,23,26). The van der Waals surface area contributed by atoms with Gasteiger partial charge in [-0.15, -0.1) is 0 Å². The molecule has 0 radical (unpaired) electrons. The van der Waals surface area contributed by atoms with E-state index in [1.807, 2.05) is 36.4 Å². The number of para-hydroxylation sites is 1. The first-order chi connectivity index (χ1) is 12.3. The molecule has 1 heterocycles. The zero-order valence-corrected chi connectivity index (χ0v) is 15.0. The Morgan fingerprint density at radius 3 is 2.38 bits per heavy atom. The summed E-state index contributed by atoms with van der Waals surface area (Å²) in [5, 5.41) is 10.1. The van der Waals surface area contributed by atoms with E-state index in [1.54, 1.807) is 10.7 Å². The fourth-order valence-electron chi connectivity index (χ4n) is 2.45. The minimum absolute atomic E-state index is 0.171. The van der Waals surface area contributed by atoms with Crippen LogP contribution >= 0.6 is 0 Å². The number of anilines is 2. The third-order valence-electron chi connectivity index (χ3n) is 3.80. The molecule has 6 heteroatoms. The summed E-state index contributed by atoms with van der Waals surface area (Å²) in [6.45, 7) is 6.17. The molecule has 2 N–H and O–H groups in total. The zero-order valence-electron chi connectivity index (χ0n) is 15.0. The highest BCUT2D eigenvalue weighted by atomic mass is 19.1. The second kappa shape index (κ2) is 7.00. The topological polar surface area (TPSA) is 59.0 Å².